The lowest BCUT2D eigenvalue weighted by molar-refractivity contribution is 0.148. The Bertz CT molecular complexity index is 906. The van der Waals surface area contributed by atoms with Crippen molar-refractivity contribution >= 4 is 5.82 Å². The third kappa shape index (κ3) is 4.10. The number of nitrogens with one attached hydrogen (secondary N) is 2. The smallest absolute Gasteiger partial charge is 0.290 e. The number of piperidine rings is 1. The topological polar surface area (TPSA) is 95.9 Å². The summed E-state index contributed by atoms with van der Waals surface area (Å²) in [6, 6.07) is 2.09. The zero-order chi connectivity index (χ0) is 18.6. The average Bonchev–Trinajstić information content (AvgIpc) is 3.13. The van der Waals surface area contributed by atoms with Crippen molar-refractivity contribution in [2.75, 3.05) is 25.0 Å². The van der Waals surface area contributed by atoms with Gasteiger partial charge in [-0.15, -0.1) is 0 Å². The number of aryl methyl sites for hydroxylation is 2. The number of rotatable bonds is 6. The van der Waals surface area contributed by atoms with E-state index in [0.717, 1.165) is 56.5 Å². The third-order valence-electron chi connectivity index (χ3n) is 5.58. The van der Waals surface area contributed by atoms with E-state index in [-0.39, 0.29) is 11.1 Å². The number of fused-ring (bicyclic) bond motifs is 1. The van der Waals surface area contributed by atoms with Crippen molar-refractivity contribution in [3.8, 4) is 0 Å². The summed E-state index contributed by atoms with van der Waals surface area (Å²) in [7, 11) is 0. The normalized spacial score (nSPS) is 19.8. The quantitative estimate of drug-likeness (QED) is 0.780. The minimum atomic E-state index is -0.200. The first-order valence-corrected chi connectivity index (χ1v) is 9.82. The van der Waals surface area contributed by atoms with Gasteiger partial charge in [0.1, 0.15) is 0 Å². The van der Waals surface area contributed by atoms with E-state index in [0.29, 0.717) is 24.9 Å². The molecule has 144 valence electrons. The zero-order valence-corrected chi connectivity index (χ0v) is 15.5. The van der Waals surface area contributed by atoms with Gasteiger partial charge in [0.2, 0.25) is 0 Å². The number of hydrogen-bond acceptors (Lipinski definition) is 6. The Morgan fingerprint density at radius 1 is 1.19 bits per heavy atom. The SMILES string of the molecule is O=c1[nH]ccnc1NCC1CCCCN1CCn1nc2c(cc1=O)CCC2. The van der Waals surface area contributed by atoms with Crippen LogP contribution in [0.2, 0.25) is 0 Å². The molecular formula is C19H26N6O2. The van der Waals surface area contributed by atoms with Crippen molar-refractivity contribution in [3.63, 3.8) is 0 Å². The predicted octanol–water partition coefficient (Wildman–Crippen LogP) is 0.782. The van der Waals surface area contributed by atoms with Crippen molar-refractivity contribution in [2.24, 2.45) is 0 Å². The summed E-state index contributed by atoms with van der Waals surface area (Å²) in [5.41, 5.74) is 2.01. The van der Waals surface area contributed by atoms with Crippen LogP contribution < -0.4 is 16.4 Å². The van der Waals surface area contributed by atoms with E-state index in [1.165, 1.54) is 12.6 Å². The van der Waals surface area contributed by atoms with E-state index in [4.69, 9.17) is 0 Å². The lowest BCUT2D eigenvalue weighted by Crippen LogP contribution is -2.46. The molecule has 1 aliphatic carbocycles. The molecule has 0 aromatic carbocycles. The first kappa shape index (κ1) is 17.9. The van der Waals surface area contributed by atoms with Gasteiger partial charge in [0, 0.05) is 37.6 Å². The molecule has 27 heavy (non-hydrogen) atoms. The summed E-state index contributed by atoms with van der Waals surface area (Å²) in [4.78, 5) is 33.2. The Balaban J connectivity index is 1.39. The predicted molar refractivity (Wildman–Crippen MR) is 103 cm³/mol. The molecule has 2 aromatic heterocycles. The molecule has 8 nitrogen and oxygen atoms in total. The van der Waals surface area contributed by atoms with Crippen molar-refractivity contribution in [3.05, 3.63) is 50.4 Å². The molecule has 1 aliphatic heterocycles. The van der Waals surface area contributed by atoms with E-state index in [2.05, 4.69) is 25.3 Å². The standard InChI is InChI=1S/C19H26N6O2/c26-17-12-14-4-3-6-16(14)23-25(17)11-10-24-9-2-1-5-15(24)13-22-18-19(27)21-8-7-20-18/h7-8,12,15H,1-6,9-11,13H2,(H,20,22)(H,21,27). The molecule has 1 saturated heterocycles. The first-order chi connectivity index (χ1) is 13.2. The highest BCUT2D eigenvalue weighted by atomic mass is 16.1. The molecule has 0 bridgehead atoms. The third-order valence-corrected chi connectivity index (χ3v) is 5.58. The number of hydrogen-bond donors (Lipinski definition) is 2. The molecule has 1 fully saturated rings. The summed E-state index contributed by atoms with van der Waals surface area (Å²) in [6.07, 6.45) is 9.57. The van der Waals surface area contributed by atoms with Gasteiger partial charge >= 0.3 is 0 Å². The summed E-state index contributed by atoms with van der Waals surface area (Å²) in [6.45, 7) is 3.07. The summed E-state index contributed by atoms with van der Waals surface area (Å²) >= 11 is 0. The highest BCUT2D eigenvalue weighted by Gasteiger charge is 2.23. The fourth-order valence-corrected chi connectivity index (χ4v) is 4.10. The van der Waals surface area contributed by atoms with Crippen molar-refractivity contribution in [1.82, 2.24) is 24.6 Å². The number of nitrogens with zero attached hydrogens (tertiary/aromatic N) is 4. The minimum Gasteiger partial charge on any atom is -0.364 e. The fourth-order valence-electron chi connectivity index (χ4n) is 4.10. The second kappa shape index (κ2) is 8.04. The number of aromatic amines is 1. The molecule has 4 rings (SSSR count). The molecule has 0 amide bonds. The Hall–Kier alpha value is -2.48. The van der Waals surface area contributed by atoms with Gasteiger partial charge in [0.25, 0.3) is 11.1 Å². The lowest BCUT2D eigenvalue weighted by atomic mass is 10.0. The van der Waals surface area contributed by atoms with E-state index >= 15 is 0 Å². The maximum atomic E-state index is 12.3. The molecule has 1 unspecified atom stereocenters. The molecule has 2 aliphatic rings. The number of aromatic nitrogens is 4. The fraction of sp³-hybridized carbons (Fsp3) is 0.579. The van der Waals surface area contributed by atoms with E-state index in [1.54, 1.807) is 16.9 Å². The zero-order valence-electron chi connectivity index (χ0n) is 15.5. The van der Waals surface area contributed by atoms with Crippen LogP contribution in [0.25, 0.3) is 0 Å². The Morgan fingerprint density at radius 2 is 2.11 bits per heavy atom. The van der Waals surface area contributed by atoms with E-state index in [1.807, 2.05) is 0 Å². The van der Waals surface area contributed by atoms with Crippen LogP contribution >= 0.6 is 0 Å². The molecule has 2 aromatic rings. The Kier molecular flexibility index (Phi) is 5.33. The van der Waals surface area contributed by atoms with Crippen LogP contribution in [-0.2, 0) is 19.4 Å². The minimum absolute atomic E-state index is 0.00218. The molecular weight excluding hydrogens is 344 g/mol. The Labute approximate surface area is 157 Å². The van der Waals surface area contributed by atoms with Gasteiger partial charge in [-0.1, -0.05) is 6.42 Å². The molecule has 0 saturated carbocycles. The lowest BCUT2D eigenvalue weighted by Gasteiger charge is -2.35. The summed E-state index contributed by atoms with van der Waals surface area (Å²) < 4.78 is 1.62. The number of likely N-dealkylation sites (tertiary alicyclic amines) is 1. The maximum Gasteiger partial charge on any atom is 0.290 e. The maximum absolute atomic E-state index is 12.3. The number of anilines is 1. The average molecular weight is 370 g/mol. The second-order valence-corrected chi connectivity index (χ2v) is 7.36. The van der Waals surface area contributed by atoms with Crippen molar-refractivity contribution in [1.29, 1.82) is 0 Å². The van der Waals surface area contributed by atoms with Crippen LogP contribution in [0.1, 0.15) is 36.9 Å². The highest BCUT2D eigenvalue weighted by Crippen LogP contribution is 2.18. The van der Waals surface area contributed by atoms with E-state index < -0.39 is 0 Å². The largest absolute Gasteiger partial charge is 0.364 e. The van der Waals surface area contributed by atoms with Crippen LogP contribution in [0.5, 0.6) is 0 Å². The monoisotopic (exact) mass is 370 g/mol. The van der Waals surface area contributed by atoms with Crippen molar-refractivity contribution in [2.45, 2.75) is 51.1 Å². The number of H-pyrrole nitrogens is 1. The van der Waals surface area contributed by atoms with Gasteiger partial charge in [-0.2, -0.15) is 5.10 Å². The van der Waals surface area contributed by atoms with Gasteiger partial charge < -0.3 is 10.3 Å². The second-order valence-electron chi connectivity index (χ2n) is 7.36. The molecule has 0 spiro atoms. The van der Waals surface area contributed by atoms with Crippen molar-refractivity contribution < 1.29 is 0 Å². The first-order valence-electron chi connectivity index (χ1n) is 9.82. The molecule has 1 atom stereocenters. The molecule has 0 radical (unpaired) electrons. The van der Waals surface area contributed by atoms with Gasteiger partial charge in [-0.05, 0) is 44.2 Å². The van der Waals surface area contributed by atoms with Crippen LogP contribution in [0.3, 0.4) is 0 Å². The summed E-state index contributed by atoms with van der Waals surface area (Å²) in [5.74, 6) is 0.361. The molecule has 2 N–H and O–H groups in total. The van der Waals surface area contributed by atoms with Gasteiger partial charge in [-0.3, -0.25) is 14.5 Å². The Morgan fingerprint density at radius 3 is 3.00 bits per heavy atom. The molecule has 8 heteroatoms. The van der Waals surface area contributed by atoms with E-state index in [9.17, 15) is 9.59 Å². The van der Waals surface area contributed by atoms with Crippen LogP contribution in [0, 0.1) is 0 Å². The van der Waals surface area contributed by atoms with Gasteiger partial charge in [0.15, 0.2) is 5.82 Å². The highest BCUT2D eigenvalue weighted by molar-refractivity contribution is 5.30. The van der Waals surface area contributed by atoms with Crippen LogP contribution in [0.4, 0.5) is 5.82 Å². The van der Waals surface area contributed by atoms with Gasteiger partial charge in [-0.25, -0.2) is 9.67 Å². The van der Waals surface area contributed by atoms with Crippen LogP contribution in [-0.4, -0.2) is 50.3 Å². The molecule has 3 heterocycles. The summed E-state index contributed by atoms with van der Waals surface area (Å²) in [5, 5.41) is 7.75. The van der Waals surface area contributed by atoms with Gasteiger partial charge in [0.05, 0.1) is 12.2 Å². The van der Waals surface area contributed by atoms with Crippen LogP contribution in [0.15, 0.2) is 28.0 Å².